The highest BCUT2D eigenvalue weighted by atomic mass is 35.5. The van der Waals surface area contributed by atoms with Crippen molar-refractivity contribution in [2.45, 2.75) is 20.0 Å². The van der Waals surface area contributed by atoms with Gasteiger partial charge in [-0.25, -0.2) is 4.79 Å². The summed E-state index contributed by atoms with van der Waals surface area (Å²) in [5.41, 5.74) is 0.341. The Bertz CT molecular complexity index is 442. The van der Waals surface area contributed by atoms with Crippen molar-refractivity contribution in [2.24, 2.45) is 0 Å². The van der Waals surface area contributed by atoms with Crippen LogP contribution in [0.25, 0.3) is 0 Å². The Balaban J connectivity index is 2.98. The van der Waals surface area contributed by atoms with E-state index in [2.05, 4.69) is 4.74 Å². The van der Waals surface area contributed by atoms with Crippen LogP contribution >= 0.6 is 11.6 Å². The highest BCUT2D eigenvalue weighted by Gasteiger charge is 2.18. The lowest BCUT2D eigenvalue weighted by atomic mass is 10.1. The molecule has 0 N–H and O–H groups in total. The van der Waals surface area contributed by atoms with Gasteiger partial charge in [0.1, 0.15) is 5.75 Å². The molecular formula is C12H13ClO4. The number of hydrogen-bond acceptors (Lipinski definition) is 4. The third-order valence-electron chi connectivity index (χ3n) is 2.16. The van der Waals surface area contributed by atoms with Crippen LogP contribution in [0.3, 0.4) is 0 Å². The van der Waals surface area contributed by atoms with Gasteiger partial charge in [0.25, 0.3) is 0 Å². The summed E-state index contributed by atoms with van der Waals surface area (Å²) in [4.78, 5) is 22.6. The van der Waals surface area contributed by atoms with E-state index >= 15 is 0 Å². The van der Waals surface area contributed by atoms with E-state index in [0.717, 1.165) is 0 Å². The fourth-order valence-electron chi connectivity index (χ4n) is 1.28. The summed E-state index contributed by atoms with van der Waals surface area (Å²) < 4.78 is 9.89. The summed E-state index contributed by atoms with van der Waals surface area (Å²) in [6, 6.07) is 4.65. The van der Waals surface area contributed by atoms with Crippen LogP contribution in [0.5, 0.6) is 5.75 Å². The lowest BCUT2D eigenvalue weighted by Crippen LogP contribution is -2.25. The van der Waals surface area contributed by atoms with E-state index in [-0.39, 0.29) is 5.78 Å². The molecule has 0 heterocycles. The fourth-order valence-corrected chi connectivity index (χ4v) is 1.46. The van der Waals surface area contributed by atoms with Crippen molar-refractivity contribution in [2.75, 3.05) is 7.11 Å². The summed E-state index contributed by atoms with van der Waals surface area (Å²) in [5.74, 6) is -0.367. The van der Waals surface area contributed by atoms with Crippen molar-refractivity contribution >= 4 is 23.4 Å². The number of esters is 1. The molecule has 0 aromatic heterocycles. The van der Waals surface area contributed by atoms with E-state index in [0.29, 0.717) is 16.3 Å². The zero-order chi connectivity index (χ0) is 13.0. The zero-order valence-electron chi connectivity index (χ0n) is 9.82. The SMILES string of the molecule is COC(=O)[C@H](C)Oc1ccc(Cl)cc1C(C)=O. The number of rotatable bonds is 4. The average Bonchev–Trinajstić information content (AvgIpc) is 2.29. The van der Waals surface area contributed by atoms with Crippen LogP contribution in [-0.2, 0) is 9.53 Å². The molecule has 0 unspecified atom stereocenters. The Hall–Kier alpha value is -1.55. The molecule has 0 fully saturated rings. The molecule has 4 nitrogen and oxygen atoms in total. The van der Waals surface area contributed by atoms with Crippen molar-refractivity contribution in [3.63, 3.8) is 0 Å². The number of hydrogen-bond donors (Lipinski definition) is 0. The summed E-state index contributed by atoms with van der Waals surface area (Å²) in [5, 5.41) is 0.438. The summed E-state index contributed by atoms with van der Waals surface area (Å²) >= 11 is 5.79. The molecule has 0 aliphatic heterocycles. The van der Waals surface area contributed by atoms with E-state index in [1.165, 1.54) is 20.1 Å². The van der Waals surface area contributed by atoms with E-state index in [9.17, 15) is 9.59 Å². The molecule has 92 valence electrons. The molecule has 0 saturated heterocycles. The number of methoxy groups -OCH3 is 1. The van der Waals surface area contributed by atoms with Crippen molar-refractivity contribution in [3.8, 4) is 5.75 Å². The third-order valence-corrected chi connectivity index (χ3v) is 2.39. The maximum atomic E-state index is 11.4. The van der Waals surface area contributed by atoms with Crippen molar-refractivity contribution in [1.29, 1.82) is 0 Å². The molecule has 1 atom stereocenters. The second-order valence-electron chi connectivity index (χ2n) is 3.48. The fraction of sp³-hybridized carbons (Fsp3) is 0.333. The standard InChI is InChI=1S/C12H13ClO4/c1-7(14)10-6-9(13)4-5-11(10)17-8(2)12(15)16-3/h4-6,8H,1-3H3/t8-/m0/s1. The maximum Gasteiger partial charge on any atom is 0.346 e. The molecule has 1 aromatic rings. The van der Waals surface area contributed by atoms with Crippen LogP contribution in [0.1, 0.15) is 24.2 Å². The molecular weight excluding hydrogens is 244 g/mol. The first-order valence-electron chi connectivity index (χ1n) is 5.00. The number of benzene rings is 1. The molecule has 0 saturated carbocycles. The van der Waals surface area contributed by atoms with Gasteiger partial charge in [0, 0.05) is 5.02 Å². The number of ketones is 1. The first kappa shape index (κ1) is 13.5. The Morgan fingerprint density at radius 1 is 1.35 bits per heavy atom. The minimum atomic E-state index is -0.778. The quantitative estimate of drug-likeness (QED) is 0.613. The Morgan fingerprint density at radius 2 is 2.00 bits per heavy atom. The normalized spacial score (nSPS) is 11.8. The van der Waals surface area contributed by atoms with Gasteiger partial charge in [-0.2, -0.15) is 0 Å². The molecule has 17 heavy (non-hydrogen) atoms. The van der Waals surface area contributed by atoms with Gasteiger partial charge in [-0.1, -0.05) is 11.6 Å². The molecule has 5 heteroatoms. The topological polar surface area (TPSA) is 52.6 Å². The molecule has 0 amide bonds. The predicted octanol–water partition coefficient (Wildman–Crippen LogP) is 2.48. The summed E-state index contributed by atoms with van der Waals surface area (Å²) in [6.45, 7) is 2.95. The van der Waals surface area contributed by atoms with Gasteiger partial charge < -0.3 is 9.47 Å². The van der Waals surface area contributed by atoms with Crippen LogP contribution in [0.2, 0.25) is 5.02 Å². The van der Waals surface area contributed by atoms with Crippen LogP contribution in [0.15, 0.2) is 18.2 Å². The van der Waals surface area contributed by atoms with E-state index in [1.807, 2.05) is 0 Å². The lowest BCUT2D eigenvalue weighted by molar-refractivity contribution is -0.147. The Kier molecular flexibility index (Phi) is 4.52. The van der Waals surface area contributed by atoms with Gasteiger partial charge in [-0.05, 0) is 32.0 Å². The molecule has 1 aromatic carbocycles. The predicted molar refractivity (Wildman–Crippen MR) is 63.6 cm³/mol. The number of ether oxygens (including phenoxy) is 2. The lowest BCUT2D eigenvalue weighted by Gasteiger charge is -2.14. The maximum absolute atomic E-state index is 11.4. The molecule has 1 rings (SSSR count). The van der Waals surface area contributed by atoms with Crippen LogP contribution in [0, 0.1) is 0 Å². The molecule has 0 aliphatic rings. The summed E-state index contributed by atoms with van der Waals surface area (Å²) in [7, 11) is 1.27. The number of carbonyl (C=O) groups is 2. The zero-order valence-corrected chi connectivity index (χ0v) is 10.6. The molecule has 0 radical (unpaired) electrons. The Labute approximate surface area is 104 Å². The largest absolute Gasteiger partial charge is 0.478 e. The number of carbonyl (C=O) groups excluding carboxylic acids is 2. The van der Waals surface area contributed by atoms with E-state index < -0.39 is 12.1 Å². The smallest absolute Gasteiger partial charge is 0.346 e. The minimum absolute atomic E-state index is 0.181. The monoisotopic (exact) mass is 256 g/mol. The van der Waals surface area contributed by atoms with Gasteiger partial charge in [0.2, 0.25) is 0 Å². The van der Waals surface area contributed by atoms with Crippen LogP contribution in [-0.4, -0.2) is 25.0 Å². The van der Waals surface area contributed by atoms with Gasteiger partial charge >= 0.3 is 5.97 Å². The van der Waals surface area contributed by atoms with Crippen molar-refractivity contribution in [1.82, 2.24) is 0 Å². The van der Waals surface area contributed by atoms with Gasteiger partial charge in [-0.15, -0.1) is 0 Å². The Morgan fingerprint density at radius 3 is 2.53 bits per heavy atom. The molecule has 0 bridgehead atoms. The summed E-state index contributed by atoms with van der Waals surface area (Å²) in [6.07, 6.45) is -0.778. The second kappa shape index (κ2) is 5.68. The van der Waals surface area contributed by atoms with E-state index in [1.54, 1.807) is 19.1 Å². The van der Waals surface area contributed by atoms with Gasteiger partial charge in [0.15, 0.2) is 11.9 Å². The number of halogens is 1. The van der Waals surface area contributed by atoms with E-state index in [4.69, 9.17) is 16.3 Å². The number of Topliss-reactive ketones (excluding diaryl/α,β-unsaturated/α-hetero) is 1. The van der Waals surface area contributed by atoms with Crippen molar-refractivity contribution in [3.05, 3.63) is 28.8 Å². The first-order chi connectivity index (χ1) is 7.95. The first-order valence-corrected chi connectivity index (χ1v) is 5.38. The minimum Gasteiger partial charge on any atom is -0.478 e. The average molecular weight is 257 g/mol. The van der Waals surface area contributed by atoms with Crippen LogP contribution in [0.4, 0.5) is 0 Å². The highest BCUT2D eigenvalue weighted by molar-refractivity contribution is 6.31. The van der Waals surface area contributed by atoms with Gasteiger partial charge in [0.05, 0.1) is 12.7 Å². The van der Waals surface area contributed by atoms with Gasteiger partial charge in [-0.3, -0.25) is 4.79 Å². The second-order valence-corrected chi connectivity index (χ2v) is 3.92. The van der Waals surface area contributed by atoms with Crippen molar-refractivity contribution < 1.29 is 19.1 Å². The third kappa shape index (κ3) is 3.46. The molecule has 0 aliphatic carbocycles. The highest BCUT2D eigenvalue weighted by Crippen LogP contribution is 2.24. The molecule has 0 spiro atoms. The van der Waals surface area contributed by atoms with Crippen LogP contribution < -0.4 is 4.74 Å².